The highest BCUT2D eigenvalue weighted by molar-refractivity contribution is 8.00. The van der Waals surface area contributed by atoms with Gasteiger partial charge in [0, 0.05) is 25.5 Å². The lowest BCUT2D eigenvalue weighted by atomic mass is 10.2. The van der Waals surface area contributed by atoms with E-state index in [-0.39, 0.29) is 18.2 Å². The molecule has 2 aromatic rings. The van der Waals surface area contributed by atoms with Crippen LogP contribution in [0.1, 0.15) is 32.0 Å². The third-order valence-electron chi connectivity index (χ3n) is 4.64. The highest BCUT2D eigenvalue weighted by atomic mass is 32.2. The summed E-state index contributed by atoms with van der Waals surface area (Å²) in [7, 11) is 0. The van der Waals surface area contributed by atoms with Crippen molar-refractivity contribution in [2.24, 2.45) is 5.73 Å². The Bertz CT molecular complexity index is 918. The van der Waals surface area contributed by atoms with Gasteiger partial charge in [-0.25, -0.2) is 8.78 Å². The van der Waals surface area contributed by atoms with Crippen molar-refractivity contribution in [2.75, 3.05) is 11.9 Å². The molecule has 2 heterocycles. The zero-order valence-corrected chi connectivity index (χ0v) is 17.3. The minimum Gasteiger partial charge on any atom is -0.376 e. The monoisotopic (exact) mass is 439 g/mol. The quantitative estimate of drug-likeness (QED) is 0.580. The molecule has 1 fully saturated rings. The fourth-order valence-corrected chi connectivity index (χ4v) is 3.92. The second-order valence-electron chi connectivity index (χ2n) is 6.98. The highest BCUT2D eigenvalue weighted by Gasteiger charge is 2.24. The number of nitrogens with two attached hydrogens (primary N) is 1. The van der Waals surface area contributed by atoms with Gasteiger partial charge in [0.2, 0.25) is 11.8 Å². The summed E-state index contributed by atoms with van der Waals surface area (Å²) < 4.78 is 34.6. The maximum absolute atomic E-state index is 13.8. The Balaban J connectivity index is 1.72. The Morgan fingerprint density at radius 2 is 2.20 bits per heavy atom. The number of hydrogen-bond donors (Lipinski definition) is 2. The minimum absolute atomic E-state index is 0.00167. The topological polar surface area (TPSA) is 112 Å². The first-order valence-corrected chi connectivity index (χ1v) is 10.5. The third kappa shape index (κ3) is 5.76. The molecule has 2 unspecified atom stereocenters. The highest BCUT2D eigenvalue weighted by Crippen LogP contribution is 2.26. The van der Waals surface area contributed by atoms with Gasteiger partial charge in [-0.05, 0) is 31.9 Å². The average Bonchev–Trinajstić information content (AvgIpc) is 3.34. The molecule has 0 saturated carbocycles. The second-order valence-corrected chi connectivity index (χ2v) is 8.29. The van der Waals surface area contributed by atoms with Crippen molar-refractivity contribution >= 4 is 29.3 Å². The number of rotatable bonds is 9. The van der Waals surface area contributed by atoms with Gasteiger partial charge < -0.3 is 20.4 Å². The Morgan fingerprint density at radius 1 is 1.40 bits per heavy atom. The number of aromatic nitrogens is 3. The van der Waals surface area contributed by atoms with E-state index in [0.29, 0.717) is 30.6 Å². The van der Waals surface area contributed by atoms with Crippen LogP contribution < -0.4 is 11.1 Å². The van der Waals surface area contributed by atoms with Gasteiger partial charge in [-0.2, -0.15) is 0 Å². The minimum atomic E-state index is -0.725. The molecule has 1 saturated heterocycles. The summed E-state index contributed by atoms with van der Waals surface area (Å²) in [6.07, 6.45) is 2.31. The van der Waals surface area contributed by atoms with Crippen molar-refractivity contribution in [1.29, 1.82) is 0 Å². The van der Waals surface area contributed by atoms with Crippen LogP contribution in [0.2, 0.25) is 0 Å². The number of hydrogen-bond acceptors (Lipinski definition) is 6. The Morgan fingerprint density at radius 3 is 2.90 bits per heavy atom. The predicted molar refractivity (Wildman–Crippen MR) is 107 cm³/mol. The van der Waals surface area contributed by atoms with Crippen molar-refractivity contribution in [1.82, 2.24) is 14.8 Å². The van der Waals surface area contributed by atoms with E-state index in [4.69, 9.17) is 10.5 Å². The van der Waals surface area contributed by atoms with E-state index < -0.39 is 28.7 Å². The van der Waals surface area contributed by atoms with Crippen LogP contribution in [0.5, 0.6) is 0 Å². The number of benzene rings is 1. The molecule has 2 amide bonds. The molecule has 3 N–H and O–H groups in total. The Hall–Kier alpha value is -2.53. The maximum atomic E-state index is 13.8. The largest absolute Gasteiger partial charge is 0.376 e. The number of anilines is 1. The summed E-state index contributed by atoms with van der Waals surface area (Å²) in [5.41, 5.74) is 5.01. The van der Waals surface area contributed by atoms with Gasteiger partial charge in [-0.3, -0.25) is 9.59 Å². The summed E-state index contributed by atoms with van der Waals surface area (Å²) >= 11 is 1.14. The number of carbonyl (C=O) groups is 2. The molecule has 8 nitrogen and oxygen atoms in total. The molecule has 3 rings (SSSR count). The van der Waals surface area contributed by atoms with E-state index in [1.807, 2.05) is 4.57 Å². The molecule has 30 heavy (non-hydrogen) atoms. The number of nitrogens with zero attached hydrogens (tertiary/aromatic N) is 3. The fraction of sp³-hybridized carbons (Fsp3) is 0.474. The number of ether oxygens (including phenoxy) is 1. The number of primary amides is 1. The van der Waals surface area contributed by atoms with E-state index >= 15 is 0 Å². The van der Waals surface area contributed by atoms with Gasteiger partial charge in [0.05, 0.1) is 23.6 Å². The van der Waals surface area contributed by atoms with Crippen molar-refractivity contribution < 1.29 is 23.1 Å². The summed E-state index contributed by atoms with van der Waals surface area (Å²) in [6, 6.07) is 2.85. The molecule has 0 spiro atoms. The molecule has 1 aromatic heterocycles. The lowest BCUT2D eigenvalue weighted by molar-refractivity contribution is -0.118. The smallest absolute Gasteiger partial charge is 0.237 e. The van der Waals surface area contributed by atoms with Crippen LogP contribution in [0.3, 0.4) is 0 Å². The fourth-order valence-electron chi connectivity index (χ4n) is 3.04. The van der Waals surface area contributed by atoms with E-state index in [1.54, 1.807) is 6.92 Å². The number of aryl methyl sites for hydroxylation is 1. The zero-order chi connectivity index (χ0) is 21.7. The van der Waals surface area contributed by atoms with E-state index in [0.717, 1.165) is 42.8 Å². The van der Waals surface area contributed by atoms with Crippen LogP contribution in [0.15, 0.2) is 23.4 Å². The molecule has 0 radical (unpaired) electrons. The normalized spacial score (nSPS) is 17.1. The first-order valence-electron chi connectivity index (χ1n) is 9.58. The molecular weight excluding hydrogens is 416 g/mol. The van der Waals surface area contributed by atoms with Crippen LogP contribution in [0.4, 0.5) is 14.5 Å². The van der Waals surface area contributed by atoms with Crippen molar-refractivity contribution in [3.8, 4) is 0 Å². The predicted octanol–water partition coefficient (Wildman–Crippen LogP) is 2.27. The van der Waals surface area contributed by atoms with Crippen molar-refractivity contribution in [3.63, 3.8) is 0 Å². The van der Waals surface area contributed by atoms with Crippen molar-refractivity contribution in [3.05, 3.63) is 35.7 Å². The van der Waals surface area contributed by atoms with Gasteiger partial charge in [-0.15, -0.1) is 10.2 Å². The van der Waals surface area contributed by atoms with E-state index in [2.05, 4.69) is 15.5 Å². The third-order valence-corrected chi connectivity index (χ3v) is 5.72. The molecule has 2 atom stereocenters. The van der Waals surface area contributed by atoms with Crippen LogP contribution in [-0.2, 0) is 27.3 Å². The van der Waals surface area contributed by atoms with Gasteiger partial charge in [0.15, 0.2) is 5.16 Å². The van der Waals surface area contributed by atoms with Gasteiger partial charge in [0.1, 0.15) is 17.5 Å². The summed E-state index contributed by atoms with van der Waals surface area (Å²) in [6.45, 7) is 2.81. The first kappa shape index (κ1) is 22.2. The maximum Gasteiger partial charge on any atom is 0.237 e. The zero-order valence-electron chi connectivity index (χ0n) is 16.4. The number of halogens is 2. The summed E-state index contributed by atoms with van der Waals surface area (Å²) in [5, 5.41) is 10.5. The van der Waals surface area contributed by atoms with E-state index in [9.17, 15) is 18.4 Å². The Kier molecular flexibility index (Phi) is 7.38. The molecule has 0 bridgehead atoms. The van der Waals surface area contributed by atoms with Gasteiger partial charge in [-0.1, -0.05) is 11.8 Å². The summed E-state index contributed by atoms with van der Waals surface area (Å²) in [5.74, 6) is -1.74. The molecule has 1 aromatic carbocycles. The van der Waals surface area contributed by atoms with Crippen LogP contribution in [0.25, 0.3) is 0 Å². The standard InChI is InChI=1S/C19H23F2N5O3S/c1-11(18(28)23-15-9-12(20)4-5-14(15)21)30-19-25-24-17(7-6-16(22)27)26(19)10-13-3-2-8-29-13/h4-5,9,11,13H,2-3,6-8,10H2,1H3,(H2,22,27)(H,23,28). The first-order chi connectivity index (χ1) is 14.3. The number of thioether (sulfide) groups is 1. The molecule has 1 aliphatic rings. The van der Waals surface area contributed by atoms with Gasteiger partial charge >= 0.3 is 0 Å². The van der Waals surface area contributed by atoms with Crippen LogP contribution in [-0.4, -0.2) is 44.5 Å². The molecule has 0 aliphatic carbocycles. The second kappa shape index (κ2) is 9.98. The number of amides is 2. The molecular formula is C19H23F2N5O3S. The molecule has 162 valence electrons. The van der Waals surface area contributed by atoms with Crippen molar-refractivity contribution in [2.45, 2.75) is 55.7 Å². The lowest BCUT2D eigenvalue weighted by Gasteiger charge is -2.16. The Labute approximate surface area is 176 Å². The summed E-state index contributed by atoms with van der Waals surface area (Å²) in [4.78, 5) is 23.6. The lowest BCUT2D eigenvalue weighted by Crippen LogP contribution is -2.24. The molecule has 1 aliphatic heterocycles. The van der Waals surface area contributed by atoms with Crippen LogP contribution in [0, 0.1) is 11.6 Å². The number of carbonyl (C=O) groups excluding carboxylic acids is 2. The molecule has 11 heteroatoms. The van der Waals surface area contributed by atoms with Crippen LogP contribution >= 0.6 is 11.8 Å². The SMILES string of the molecule is CC(Sc1nnc(CCC(N)=O)n1CC1CCCO1)C(=O)Nc1cc(F)ccc1F. The average molecular weight is 439 g/mol. The number of nitrogens with one attached hydrogen (secondary N) is 1. The van der Waals surface area contributed by atoms with Gasteiger partial charge in [0.25, 0.3) is 0 Å². The van der Waals surface area contributed by atoms with E-state index in [1.165, 1.54) is 0 Å².